The van der Waals surface area contributed by atoms with Gasteiger partial charge in [0.25, 0.3) is 5.56 Å². The molecule has 1 unspecified atom stereocenters. The van der Waals surface area contributed by atoms with Crippen LogP contribution in [0.3, 0.4) is 0 Å². The van der Waals surface area contributed by atoms with Crippen LogP contribution < -0.4 is 11.2 Å². The minimum absolute atomic E-state index is 0.0825. The molecule has 1 N–H and O–H groups in total. The summed E-state index contributed by atoms with van der Waals surface area (Å²) < 4.78 is 5.31. The minimum atomic E-state index is -0.403. The van der Waals surface area contributed by atoms with E-state index in [-0.39, 0.29) is 18.1 Å². The van der Waals surface area contributed by atoms with Crippen LogP contribution in [0.2, 0.25) is 0 Å². The average molecular weight is 453 g/mol. The van der Waals surface area contributed by atoms with Gasteiger partial charge in [0.15, 0.2) is 16.3 Å². The Morgan fingerprint density at radius 2 is 2.00 bits per heavy atom. The number of hydrogen-bond donors (Lipinski definition) is 1. The zero-order valence-electron chi connectivity index (χ0n) is 15.3. The Labute approximate surface area is 168 Å². The number of nitrogens with zero attached hydrogens (tertiary/aromatic N) is 4. The highest BCUT2D eigenvalue weighted by Gasteiger charge is 2.20. The molecule has 2 heterocycles. The van der Waals surface area contributed by atoms with Crippen molar-refractivity contribution in [1.29, 1.82) is 0 Å². The van der Waals surface area contributed by atoms with E-state index in [9.17, 15) is 14.7 Å². The van der Waals surface area contributed by atoms with Gasteiger partial charge >= 0.3 is 5.69 Å². The van der Waals surface area contributed by atoms with E-state index in [0.29, 0.717) is 28.6 Å². The average Bonchev–Trinajstić information content (AvgIpc) is 3.01. The molecule has 0 bridgehead atoms. The fraction of sp³-hybridized carbons (Fsp3) is 0.389. The third-order valence-corrected chi connectivity index (χ3v) is 6.15. The number of aromatic nitrogens is 4. The van der Waals surface area contributed by atoms with Crippen LogP contribution in [0.25, 0.3) is 11.2 Å². The number of benzene rings is 1. The van der Waals surface area contributed by atoms with Gasteiger partial charge in [-0.3, -0.25) is 13.9 Å². The summed E-state index contributed by atoms with van der Waals surface area (Å²) in [5, 5.41) is 9.96. The van der Waals surface area contributed by atoms with Crippen molar-refractivity contribution in [2.75, 3.05) is 12.4 Å². The Balaban J connectivity index is 2.20. The Morgan fingerprint density at radius 1 is 1.26 bits per heavy atom. The molecule has 3 rings (SSSR count). The predicted octanol–water partition coefficient (Wildman–Crippen LogP) is 1.96. The fourth-order valence-corrected chi connectivity index (χ4v) is 4.22. The van der Waals surface area contributed by atoms with E-state index in [1.807, 2.05) is 35.8 Å². The molecule has 2 aromatic heterocycles. The van der Waals surface area contributed by atoms with Crippen LogP contribution in [0.1, 0.15) is 12.5 Å². The third-order valence-electron chi connectivity index (χ3n) is 4.35. The molecule has 0 spiro atoms. The van der Waals surface area contributed by atoms with Gasteiger partial charge in [-0.25, -0.2) is 9.78 Å². The molecule has 144 valence electrons. The minimum Gasteiger partial charge on any atom is -0.396 e. The molecule has 27 heavy (non-hydrogen) atoms. The zero-order valence-corrected chi connectivity index (χ0v) is 17.7. The molecule has 0 aliphatic rings. The van der Waals surface area contributed by atoms with Gasteiger partial charge in [0.05, 0.1) is 6.54 Å². The van der Waals surface area contributed by atoms with Crippen molar-refractivity contribution in [2.45, 2.75) is 18.6 Å². The smallest absolute Gasteiger partial charge is 0.332 e. The second-order valence-corrected chi connectivity index (χ2v) is 8.49. The predicted molar refractivity (Wildman–Crippen MR) is 110 cm³/mol. The van der Waals surface area contributed by atoms with Gasteiger partial charge in [0.1, 0.15) is 0 Å². The summed E-state index contributed by atoms with van der Waals surface area (Å²) in [4.78, 5) is 29.7. The van der Waals surface area contributed by atoms with Crippen molar-refractivity contribution in [3.05, 3.63) is 55.1 Å². The molecule has 0 fully saturated rings. The van der Waals surface area contributed by atoms with Crippen LogP contribution in [0.5, 0.6) is 0 Å². The summed E-state index contributed by atoms with van der Waals surface area (Å²) >= 11 is 4.95. The van der Waals surface area contributed by atoms with Crippen molar-refractivity contribution in [2.24, 2.45) is 20.0 Å². The highest BCUT2D eigenvalue weighted by Crippen LogP contribution is 2.25. The molecule has 9 heteroatoms. The molecular weight excluding hydrogens is 432 g/mol. The van der Waals surface area contributed by atoms with Gasteiger partial charge in [-0.15, -0.1) is 0 Å². The quantitative estimate of drug-likeness (QED) is 0.578. The zero-order chi connectivity index (χ0) is 19.7. The lowest BCUT2D eigenvalue weighted by Crippen LogP contribution is -2.37. The Hall–Kier alpha value is -1.84. The Morgan fingerprint density at radius 3 is 2.67 bits per heavy atom. The first-order valence-corrected chi connectivity index (χ1v) is 10.3. The number of aliphatic hydroxyl groups is 1. The molecule has 0 aliphatic carbocycles. The van der Waals surface area contributed by atoms with Crippen LogP contribution in [0, 0.1) is 5.92 Å². The van der Waals surface area contributed by atoms with Crippen molar-refractivity contribution in [3.8, 4) is 0 Å². The summed E-state index contributed by atoms with van der Waals surface area (Å²) in [5.74, 6) is 0.757. The monoisotopic (exact) mass is 452 g/mol. The first-order chi connectivity index (χ1) is 12.8. The lowest BCUT2D eigenvalue weighted by molar-refractivity contribution is 0.250. The summed E-state index contributed by atoms with van der Waals surface area (Å²) in [5.41, 5.74) is 1.02. The van der Waals surface area contributed by atoms with Gasteiger partial charge in [-0.1, -0.05) is 46.7 Å². The van der Waals surface area contributed by atoms with Crippen LogP contribution in [-0.4, -0.2) is 36.2 Å². The number of fused-ring (bicyclic) bond motifs is 1. The van der Waals surface area contributed by atoms with Crippen LogP contribution in [0.15, 0.2) is 43.5 Å². The normalized spacial score (nSPS) is 12.6. The number of thioether (sulfide) groups is 1. The number of rotatable bonds is 6. The highest BCUT2D eigenvalue weighted by molar-refractivity contribution is 9.10. The summed E-state index contributed by atoms with van der Waals surface area (Å²) in [6.07, 6.45) is 0. The number of aliphatic hydroxyl groups excluding tert-OH is 1. The molecule has 1 aromatic carbocycles. The van der Waals surface area contributed by atoms with Gasteiger partial charge < -0.3 is 9.67 Å². The molecular formula is C18H21BrN4O3S. The van der Waals surface area contributed by atoms with Crippen molar-refractivity contribution in [1.82, 2.24) is 18.7 Å². The summed E-state index contributed by atoms with van der Waals surface area (Å²) in [6.45, 7) is 2.49. The van der Waals surface area contributed by atoms with E-state index in [2.05, 4.69) is 20.9 Å². The lowest BCUT2D eigenvalue weighted by atomic mass is 10.2. The maximum absolute atomic E-state index is 12.8. The highest BCUT2D eigenvalue weighted by atomic mass is 79.9. The van der Waals surface area contributed by atoms with Gasteiger partial charge in [-0.05, 0) is 23.6 Å². The van der Waals surface area contributed by atoms with Crippen LogP contribution in [0.4, 0.5) is 0 Å². The molecule has 0 amide bonds. The molecule has 0 aliphatic heterocycles. The van der Waals surface area contributed by atoms with Crippen molar-refractivity contribution in [3.63, 3.8) is 0 Å². The topological polar surface area (TPSA) is 82.1 Å². The maximum atomic E-state index is 12.8. The van der Waals surface area contributed by atoms with Gasteiger partial charge in [-0.2, -0.15) is 0 Å². The van der Waals surface area contributed by atoms with Crippen LogP contribution in [-0.2, 0) is 20.6 Å². The largest absolute Gasteiger partial charge is 0.396 e. The third kappa shape index (κ3) is 3.90. The van der Waals surface area contributed by atoms with E-state index in [4.69, 9.17) is 0 Å². The second kappa shape index (κ2) is 8.04. The number of aryl methyl sites for hydroxylation is 1. The van der Waals surface area contributed by atoms with E-state index < -0.39 is 5.69 Å². The van der Waals surface area contributed by atoms with Gasteiger partial charge in [0, 0.05) is 30.9 Å². The van der Waals surface area contributed by atoms with E-state index in [0.717, 1.165) is 14.6 Å². The van der Waals surface area contributed by atoms with E-state index in [1.165, 1.54) is 23.4 Å². The summed E-state index contributed by atoms with van der Waals surface area (Å²) in [6, 6.07) is 7.85. The molecule has 3 aromatic rings. The SMILES string of the molecule is CC(CO)CSc1nc2c(c(=O)n(C)c(=O)n2C)n1Cc1cccc(Br)c1. The molecule has 0 saturated carbocycles. The summed E-state index contributed by atoms with van der Waals surface area (Å²) in [7, 11) is 3.09. The molecule has 0 radical (unpaired) electrons. The second-order valence-electron chi connectivity index (χ2n) is 6.59. The molecule has 1 atom stereocenters. The number of halogens is 1. The number of hydrogen-bond acceptors (Lipinski definition) is 5. The Bertz CT molecular complexity index is 1100. The van der Waals surface area contributed by atoms with Crippen molar-refractivity contribution >= 4 is 38.9 Å². The van der Waals surface area contributed by atoms with E-state index >= 15 is 0 Å². The van der Waals surface area contributed by atoms with E-state index in [1.54, 1.807) is 7.05 Å². The maximum Gasteiger partial charge on any atom is 0.332 e. The van der Waals surface area contributed by atoms with Crippen LogP contribution >= 0.6 is 27.7 Å². The lowest BCUT2D eigenvalue weighted by Gasteiger charge is -2.11. The van der Waals surface area contributed by atoms with Gasteiger partial charge in [0.2, 0.25) is 0 Å². The molecule has 0 saturated heterocycles. The fourth-order valence-electron chi connectivity index (χ4n) is 2.77. The first kappa shape index (κ1) is 19.9. The molecule has 7 nitrogen and oxygen atoms in total. The Kier molecular flexibility index (Phi) is 5.92. The number of imidazole rings is 1. The first-order valence-electron chi connectivity index (χ1n) is 8.47. The standard InChI is InChI=1S/C18H21BrN4O3S/c1-11(9-24)10-27-17-20-15-14(16(25)22(3)18(26)21(15)2)23(17)8-12-5-4-6-13(19)7-12/h4-7,11,24H,8-10H2,1-3H3. The van der Waals surface area contributed by atoms with Crippen molar-refractivity contribution < 1.29 is 5.11 Å².